The zero-order valence-corrected chi connectivity index (χ0v) is 12.0. The molecule has 2 rings (SSSR count). The first-order chi connectivity index (χ1) is 10.1. The van der Waals surface area contributed by atoms with Crippen LogP contribution in [0.3, 0.4) is 0 Å². The molecule has 0 saturated carbocycles. The summed E-state index contributed by atoms with van der Waals surface area (Å²) in [4.78, 5) is 25.5. The first-order valence-corrected chi connectivity index (χ1v) is 6.56. The molecule has 1 amide bonds. The number of hydrogen-bond donors (Lipinski definition) is 1. The van der Waals surface area contributed by atoms with Crippen LogP contribution in [0.2, 0.25) is 0 Å². The SMILES string of the molecule is COc1ccc(N2CCN(C(=O)C(=O)O)CC2)c(OC)c1. The van der Waals surface area contributed by atoms with Crippen LogP contribution < -0.4 is 14.4 Å². The van der Waals surface area contributed by atoms with E-state index in [9.17, 15) is 9.59 Å². The van der Waals surface area contributed by atoms with Gasteiger partial charge in [0.2, 0.25) is 0 Å². The molecule has 0 unspecified atom stereocenters. The second-order valence-corrected chi connectivity index (χ2v) is 4.62. The molecule has 0 bridgehead atoms. The Kier molecular flexibility index (Phi) is 4.52. The van der Waals surface area contributed by atoms with Crippen LogP contribution in [0.1, 0.15) is 0 Å². The van der Waals surface area contributed by atoms with E-state index in [1.54, 1.807) is 20.3 Å². The number of aliphatic carboxylic acids is 1. The van der Waals surface area contributed by atoms with E-state index in [1.807, 2.05) is 12.1 Å². The molecule has 1 fully saturated rings. The number of piperazine rings is 1. The van der Waals surface area contributed by atoms with Crippen molar-refractivity contribution >= 4 is 17.6 Å². The first kappa shape index (κ1) is 15.0. The third-order valence-electron chi connectivity index (χ3n) is 3.48. The Morgan fingerprint density at radius 3 is 2.29 bits per heavy atom. The van der Waals surface area contributed by atoms with E-state index in [0.717, 1.165) is 5.69 Å². The zero-order chi connectivity index (χ0) is 15.4. The van der Waals surface area contributed by atoms with E-state index in [2.05, 4.69) is 4.90 Å². The summed E-state index contributed by atoms with van der Waals surface area (Å²) in [5, 5.41) is 8.72. The maximum absolute atomic E-state index is 11.4. The summed E-state index contributed by atoms with van der Waals surface area (Å²) >= 11 is 0. The number of benzene rings is 1. The number of carboxylic acids is 1. The fourth-order valence-corrected chi connectivity index (χ4v) is 2.33. The highest BCUT2D eigenvalue weighted by molar-refractivity contribution is 6.31. The predicted octanol–water partition coefficient (Wildman–Crippen LogP) is 0.437. The van der Waals surface area contributed by atoms with Crippen LogP contribution in [0.4, 0.5) is 5.69 Å². The maximum atomic E-state index is 11.4. The van der Waals surface area contributed by atoms with Gasteiger partial charge in [0.25, 0.3) is 0 Å². The van der Waals surface area contributed by atoms with Crippen LogP contribution in [-0.2, 0) is 9.59 Å². The van der Waals surface area contributed by atoms with Gasteiger partial charge in [0.15, 0.2) is 0 Å². The van der Waals surface area contributed by atoms with Crippen molar-refractivity contribution in [2.75, 3.05) is 45.3 Å². The topological polar surface area (TPSA) is 79.3 Å². The minimum atomic E-state index is -1.41. The molecule has 1 N–H and O–H groups in total. The second-order valence-electron chi connectivity index (χ2n) is 4.62. The Morgan fingerprint density at radius 1 is 1.10 bits per heavy atom. The van der Waals surface area contributed by atoms with E-state index in [-0.39, 0.29) is 0 Å². The van der Waals surface area contributed by atoms with Crippen molar-refractivity contribution < 1.29 is 24.2 Å². The van der Waals surface area contributed by atoms with Crippen LogP contribution in [-0.4, -0.2) is 62.3 Å². The summed E-state index contributed by atoms with van der Waals surface area (Å²) in [5.41, 5.74) is 0.903. The minimum absolute atomic E-state index is 0.375. The first-order valence-electron chi connectivity index (χ1n) is 6.56. The lowest BCUT2D eigenvalue weighted by Crippen LogP contribution is -2.50. The molecule has 0 spiro atoms. The van der Waals surface area contributed by atoms with Crippen LogP contribution in [0, 0.1) is 0 Å². The van der Waals surface area contributed by atoms with Crippen LogP contribution in [0.5, 0.6) is 11.5 Å². The normalized spacial score (nSPS) is 14.8. The smallest absolute Gasteiger partial charge is 0.394 e. The number of hydrogen-bond acceptors (Lipinski definition) is 5. The molecule has 1 aromatic carbocycles. The quantitative estimate of drug-likeness (QED) is 0.815. The standard InChI is InChI=1S/C14H18N2O5/c1-20-10-3-4-11(12(9-10)21-2)15-5-7-16(8-6-15)13(17)14(18)19/h3-4,9H,5-8H2,1-2H3,(H,18,19). The van der Waals surface area contributed by atoms with Crippen molar-refractivity contribution in [3.63, 3.8) is 0 Å². The number of carbonyl (C=O) groups is 2. The lowest BCUT2D eigenvalue weighted by Gasteiger charge is -2.35. The fourth-order valence-electron chi connectivity index (χ4n) is 2.33. The van der Waals surface area contributed by atoms with Gasteiger partial charge in [0, 0.05) is 32.2 Å². The van der Waals surface area contributed by atoms with Gasteiger partial charge in [0.05, 0.1) is 19.9 Å². The number of amides is 1. The average molecular weight is 294 g/mol. The molecule has 0 aromatic heterocycles. The lowest BCUT2D eigenvalue weighted by molar-refractivity contribution is -0.156. The Balaban J connectivity index is 2.08. The molecular weight excluding hydrogens is 276 g/mol. The molecule has 21 heavy (non-hydrogen) atoms. The zero-order valence-electron chi connectivity index (χ0n) is 12.0. The maximum Gasteiger partial charge on any atom is 0.394 e. The van der Waals surface area contributed by atoms with Gasteiger partial charge in [-0.1, -0.05) is 0 Å². The lowest BCUT2D eigenvalue weighted by atomic mass is 10.2. The van der Waals surface area contributed by atoms with Crippen molar-refractivity contribution in [2.24, 2.45) is 0 Å². The second kappa shape index (κ2) is 6.34. The summed E-state index contributed by atoms with van der Waals surface area (Å²) in [6.45, 7) is 1.87. The van der Waals surface area contributed by atoms with Crippen LogP contribution in [0.15, 0.2) is 18.2 Å². The molecule has 1 heterocycles. The Morgan fingerprint density at radius 2 is 1.76 bits per heavy atom. The minimum Gasteiger partial charge on any atom is -0.497 e. The molecule has 7 nitrogen and oxygen atoms in total. The highest BCUT2D eigenvalue weighted by Crippen LogP contribution is 2.32. The van der Waals surface area contributed by atoms with Crippen molar-refractivity contribution in [1.82, 2.24) is 4.90 Å². The number of carboxylic acid groups (broad SMARTS) is 1. The monoisotopic (exact) mass is 294 g/mol. The number of nitrogens with zero attached hydrogens (tertiary/aromatic N) is 2. The van der Waals surface area contributed by atoms with Gasteiger partial charge < -0.3 is 24.4 Å². The molecule has 1 saturated heterocycles. The Bertz CT molecular complexity index is 538. The number of ether oxygens (including phenoxy) is 2. The largest absolute Gasteiger partial charge is 0.497 e. The number of anilines is 1. The molecule has 1 aromatic rings. The highest BCUT2D eigenvalue weighted by atomic mass is 16.5. The van der Waals surface area contributed by atoms with E-state index >= 15 is 0 Å². The van der Waals surface area contributed by atoms with Crippen molar-refractivity contribution in [3.05, 3.63) is 18.2 Å². The third kappa shape index (κ3) is 3.18. The predicted molar refractivity (Wildman–Crippen MR) is 76.0 cm³/mol. The fraction of sp³-hybridized carbons (Fsp3) is 0.429. The van der Waals surface area contributed by atoms with Gasteiger partial charge in [-0.3, -0.25) is 4.79 Å². The van der Waals surface area contributed by atoms with Gasteiger partial charge in [-0.05, 0) is 12.1 Å². The summed E-state index contributed by atoms with van der Waals surface area (Å²) in [6.07, 6.45) is 0. The van der Waals surface area contributed by atoms with Gasteiger partial charge in [-0.2, -0.15) is 0 Å². The van der Waals surface area contributed by atoms with Crippen molar-refractivity contribution in [3.8, 4) is 11.5 Å². The Hall–Kier alpha value is -2.44. The molecular formula is C14H18N2O5. The summed E-state index contributed by atoms with van der Waals surface area (Å²) in [7, 11) is 3.17. The molecule has 7 heteroatoms. The molecule has 114 valence electrons. The molecule has 0 atom stereocenters. The van der Waals surface area contributed by atoms with Crippen LogP contribution >= 0.6 is 0 Å². The number of methoxy groups -OCH3 is 2. The molecule has 0 radical (unpaired) electrons. The van der Waals surface area contributed by atoms with Crippen molar-refractivity contribution in [1.29, 1.82) is 0 Å². The van der Waals surface area contributed by atoms with Gasteiger partial charge in [-0.15, -0.1) is 0 Å². The summed E-state index contributed by atoms with van der Waals surface area (Å²) < 4.78 is 10.5. The van der Waals surface area contributed by atoms with E-state index in [0.29, 0.717) is 37.7 Å². The third-order valence-corrected chi connectivity index (χ3v) is 3.48. The highest BCUT2D eigenvalue weighted by Gasteiger charge is 2.26. The van der Waals surface area contributed by atoms with E-state index in [1.165, 1.54) is 4.90 Å². The van der Waals surface area contributed by atoms with Gasteiger partial charge >= 0.3 is 11.9 Å². The van der Waals surface area contributed by atoms with E-state index < -0.39 is 11.9 Å². The summed E-state index contributed by atoms with van der Waals surface area (Å²) in [6, 6.07) is 5.53. The van der Waals surface area contributed by atoms with E-state index in [4.69, 9.17) is 14.6 Å². The van der Waals surface area contributed by atoms with Crippen LogP contribution in [0.25, 0.3) is 0 Å². The molecule has 1 aliphatic rings. The molecule has 0 aliphatic carbocycles. The molecule has 1 aliphatic heterocycles. The summed E-state index contributed by atoms with van der Waals surface area (Å²) in [5.74, 6) is -0.871. The Labute approximate surface area is 122 Å². The van der Waals surface area contributed by atoms with Crippen molar-refractivity contribution in [2.45, 2.75) is 0 Å². The van der Waals surface area contributed by atoms with Gasteiger partial charge in [-0.25, -0.2) is 4.79 Å². The average Bonchev–Trinajstić information content (AvgIpc) is 2.53. The number of carbonyl (C=O) groups excluding carboxylic acids is 1. The van der Waals surface area contributed by atoms with Gasteiger partial charge in [0.1, 0.15) is 11.5 Å². The number of rotatable bonds is 3.